The Morgan fingerprint density at radius 1 is 1.03 bits per heavy atom. The van der Waals surface area contributed by atoms with Crippen LogP contribution in [0.4, 0.5) is 0 Å². The van der Waals surface area contributed by atoms with Gasteiger partial charge in [0, 0.05) is 29.6 Å². The number of fused-ring (bicyclic) bond motifs is 1. The molecule has 0 bridgehead atoms. The molecule has 1 aromatic carbocycles. The van der Waals surface area contributed by atoms with E-state index in [9.17, 15) is 0 Å². The van der Waals surface area contributed by atoms with Crippen LogP contribution in [0.25, 0.3) is 33.6 Å². The van der Waals surface area contributed by atoms with Gasteiger partial charge in [0.1, 0.15) is 11.3 Å². The van der Waals surface area contributed by atoms with Crippen molar-refractivity contribution in [3.05, 3.63) is 42.9 Å². The average Bonchev–Trinajstić information content (AvgIpc) is 3.39. The molecule has 0 saturated carbocycles. The van der Waals surface area contributed by atoms with E-state index in [1.807, 2.05) is 24.4 Å². The van der Waals surface area contributed by atoms with Crippen molar-refractivity contribution in [2.45, 2.75) is 6.54 Å². The van der Waals surface area contributed by atoms with Crippen LogP contribution in [0.15, 0.2) is 47.3 Å². The van der Waals surface area contributed by atoms with E-state index in [2.05, 4.69) is 10.1 Å². The fraction of sp³-hybridized carbons (Fsp3) is 0.238. The van der Waals surface area contributed by atoms with Crippen LogP contribution in [0.2, 0.25) is 0 Å². The third-order valence-corrected chi connectivity index (χ3v) is 4.65. The number of rotatable bonds is 7. The zero-order valence-corrected chi connectivity index (χ0v) is 16.4. The molecule has 4 aromatic rings. The molecule has 1 N–H and O–H groups in total. The molecular weight excluding hydrogens is 374 g/mol. The van der Waals surface area contributed by atoms with E-state index in [-0.39, 0.29) is 6.61 Å². The zero-order valence-electron chi connectivity index (χ0n) is 16.4. The van der Waals surface area contributed by atoms with Gasteiger partial charge >= 0.3 is 0 Å². The lowest BCUT2D eigenvalue weighted by molar-refractivity contribution is 0.269. The van der Waals surface area contributed by atoms with Gasteiger partial charge in [-0.15, -0.1) is 0 Å². The Morgan fingerprint density at radius 3 is 2.59 bits per heavy atom. The van der Waals surface area contributed by atoms with E-state index in [1.54, 1.807) is 44.5 Å². The lowest BCUT2D eigenvalue weighted by atomic mass is 10.1. The van der Waals surface area contributed by atoms with Crippen molar-refractivity contribution in [1.82, 2.24) is 14.8 Å². The fourth-order valence-corrected chi connectivity index (χ4v) is 3.32. The Hall–Kier alpha value is -3.52. The second-order valence-electron chi connectivity index (χ2n) is 6.28. The summed E-state index contributed by atoms with van der Waals surface area (Å²) in [4.78, 5) is 4.43. The van der Waals surface area contributed by atoms with Crippen molar-refractivity contribution in [1.29, 1.82) is 0 Å². The Morgan fingerprint density at radius 2 is 1.86 bits per heavy atom. The van der Waals surface area contributed by atoms with Crippen LogP contribution in [0.3, 0.4) is 0 Å². The Labute approximate surface area is 167 Å². The molecule has 8 heteroatoms. The first-order chi connectivity index (χ1) is 14.2. The summed E-state index contributed by atoms with van der Waals surface area (Å²) in [6.45, 7) is 0.456. The number of hydrogen-bond acceptors (Lipinski definition) is 7. The number of aliphatic hydroxyl groups is 1. The number of ether oxygens (including phenoxy) is 3. The molecule has 3 aromatic heterocycles. The largest absolute Gasteiger partial charge is 0.493 e. The molecular formula is C21H21N3O5. The molecule has 0 aliphatic carbocycles. The highest BCUT2D eigenvalue weighted by Gasteiger charge is 2.21. The fourth-order valence-electron chi connectivity index (χ4n) is 3.32. The highest BCUT2D eigenvalue weighted by Crippen LogP contribution is 2.45. The molecule has 8 nitrogen and oxygen atoms in total. The van der Waals surface area contributed by atoms with Crippen molar-refractivity contribution in [3.63, 3.8) is 0 Å². The molecule has 0 spiro atoms. The number of methoxy groups -OCH3 is 3. The predicted molar refractivity (Wildman–Crippen MR) is 107 cm³/mol. The first-order valence-corrected chi connectivity index (χ1v) is 9.01. The maximum atomic E-state index is 9.11. The van der Waals surface area contributed by atoms with E-state index in [0.717, 1.165) is 16.7 Å². The van der Waals surface area contributed by atoms with Crippen LogP contribution in [0.1, 0.15) is 0 Å². The van der Waals surface area contributed by atoms with Crippen molar-refractivity contribution >= 4 is 11.1 Å². The molecule has 0 radical (unpaired) electrons. The lowest BCUT2D eigenvalue weighted by Crippen LogP contribution is -2.01. The summed E-state index contributed by atoms with van der Waals surface area (Å²) >= 11 is 0. The molecule has 0 unspecified atom stereocenters. The van der Waals surface area contributed by atoms with E-state index in [1.165, 1.54) is 0 Å². The summed E-state index contributed by atoms with van der Waals surface area (Å²) < 4.78 is 24.3. The summed E-state index contributed by atoms with van der Waals surface area (Å²) in [5.74, 6) is 2.18. The lowest BCUT2D eigenvalue weighted by Gasteiger charge is -2.14. The van der Waals surface area contributed by atoms with Gasteiger partial charge in [0.25, 0.3) is 0 Å². The van der Waals surface area contributed by atoms with E-state index >= 15 is 0 Å². The van der Waals surface area contributed by atoms with Gasteiger partial charge < -0.3 is 23.7 Å². The highest BCUT2D eigenvalue weighted by atomic mass is 16.5. The molecule has 0 fully saturated rings. The molecule has 150 valence electrons. The smallest absolute Gasteiger partial charge is 0.204 e. The third-order valence-electron chi connectivity index (χ3n) is 4.65. The van der Waals surface area contributed by atoms with Gasteiger partial charge in [0.15, 0.2) is 17.1 Å². The van der Waals surface area contributed by atoms with E-state index in [4.69, 9.17) is 23.7 Å². The normalized spacial score (nSPS) is 11.0. The van der Waals surface area contributed by atoms with Gasteiger partial charge in [0.05, 0.1) is 46.2 Å². The predicted octanol–water partition coefficient (Wildman–Crippen LogP) is 3.38. The minimum atomic E-state index is 0.0247. The Balaban J connectivity index is 1.85. The quantitative estimate of drug-likeness (QED) is 0.513. The monoisotopic (exact) mass is 395 g/mol. The molecule has 29 heavy (non-hydrogen) atoms. The second-order valence-corrected chi connectivity index (χ2v) is 6.28. The van der Waals surface area contributed by atoms with Gasteiger partial charge in [-0.25, -0.2) is 0 Å². The first-order valence-electron chi connectivity index (χ1n) is 9.01. The molecule has 0 amide bonds. The molecule has 4 rings (SSSR count). The average molecular weight is 395 g/mol. The molecule has 3 heterocycles. The SMILES string of the molecule is COc1ccc(-c2cc3nccc(-c4cnn(CCO)c4)c3o2)c(OC)c1OC. The molecule has 0 aliphatic heterocycles. The van der Waals surface area contributed by atoms with E-state index < -0.39 is 0 Å². The van der Waals surface area contributed by atoms with Crippen molar-refractivity contribution in [3.8, 4) is 39.7 Å². The summed E-state index contributed by atoms with van der Waals surface area (Å²) in [6.07, 6.45) is 5.33. The second kappa shape index (κ2) is 7.84. The van der Waals surface area contributed by atoms with Gasteiger partial charge in [-0.1, -0.05) is 0 Å². The number of hydrogen-bond donors (Lipinski definition) is 1. The molecule has 0 atom stereocenters. The van der Waals surface area contributed by atoms with Crippen molar-refractivity contribution < 1.29 is 23.7 Å². The summed E-state index contributed by atoms with van der Waals surface area (Å²) in [7, 11) is 4.71. The summed E-state index contributed by atoms with van der Waals surface area (Å²) in [5.41, 5.74) is 3.83. The topological polar surface area (TPSA) is 91.8 Å². The van der Waals surface area contributed by atoms with Crippen LogP contribution in [-0.2, 0) is 6.54 Å². The third kappa shape index (κ3) is 3.27. The summed E-state index contributed by atoms with van der Waals surface area (Å²) in [5, 5.41) is 13.4. The standard InChI is InChI=1S/C21H21N3O5/c1-26-17-5-4-15(20(27-2)21(17)28-3)18-10-16-19(29-18)14(6-7-22-16)13-11-23-24(12-13)8-9-25/h4-7,10-12,25H,8-9H2,1-3H3. The van der Waals surface area contributed by atoms with Crippen molar-refractivity contribution in [2.24, 2.45) is 0 Å². The Bertz CT molecular complexity index is 1150. The number of aliphatic hydroxyl groups excluding tert-OH is 1. The maximum Gasteiger partial charge on any atom is 0.204 e. The number of nitrogens with zero attached hydrogens (tertiary/aromatic N) is 3. The van der Waals surface area contributed by atoms with Gasteiger partial charge in [-0.3, -0.25) is 9.67 Å². The van der Waals surface area contributed by atoms with Gasteiger partial charge in [0.2, 0.25) is 5.75 Å². The van der Waals surface area contributed by atoms with Crippen LogP contribution in [0, 0.1) is 0 Å². The van der Waals surface area contributed by atoms with E-state index in [0.29, 0.717) is 40.7 Å². The first kappa shape index (κ1) is 18.8. The number of furan rings is 1. The highest BCUT2D eigenvalue weighted by molar-refractivity contribution is 5.92. The number of pyridine rings is 1. The summed E-state index contributed by atoms with van der Waals surface area (Å²) in [6, 6.07) is 7.40. The number of aromatic nitrogens is 3. The number of benzene rings is 1. The van der Waals surface area contributed by atoms with Crippen LogP contribution in [-0.4, -0.2) is 47.8 Å². The maximum absolute atomic E-state index is 9.11. The molecule has 0 saturated heterocycles. The van der Waals surface area contributed by atoms with Crippen LogP contribution >= 0.6 is 0 Å². The van der Waals surface area contributed by atoms with Gasteiger partial charge in [-0.05, 0) is 18.2 Å². The zero-order chi connectivity index (χ0) is 20.4. The minimum absolute atomic E-state index is 0.0247. The minimum Gasteiger partial charge on any atom is -0.493 e. The van der Waals surface area contributed by atoms with Crippen molar-refractivity contribution in [2.75, 3.05) is 27.9 Å². The van der Waals surface area contributed by atoms with Crippen LogP contribution in [0.5, 0.6) is 17.2 Å². The Kier molecular flexibility index (Phi) is 5.09. The molecule has 0 aliphatic rings. The van der Waals surface area contributed by atoms with Gasteiger partial charge in [-0.2, -0.15) is 5.10 Å². The van der Waals surface area contributed by atoms with Crippen LogP contribution < -0.4 is 14.2 Å².